The number of aromatic amines is 1. The smallest absolute Gasteiger partial charge is 0.204 e. The zero-order valence-corrected chi connectivity index (χ0v) is 17.0. The van der Waals surface area contributed by atoms with Gasteiger partial charge in [0.1, 0.15) is 18.1 Å². The highest BCUT2D eigenvalue weighted by atomic mass is 16.5. The number of Topliss-reactive ketones (excluding diaryl/α,β-unsaturated/α-hetero) is 1. The largest absolute Gasteiger partial charge is 0.507 e. The Balaban J connectivity index is 1.85. The summed E-state index contributed by atoms with van der Waals surface area (Å²) in [7, 11) is 0. The van der Waals surface area contributed by atoms with Crippen LogP contribution in [0.4, 0.5) is 0 Å². The number of carbonyl (C=O) groups is 1. The van der Waals surface area contributed by atoms with Crippen molar-refractivity contribution in [3.63, 3.8) is 0 Å². The van der Waals surface area contributed by atoms with E-state index in [0.717, 1.165) is 47.3 Å². The number of phenolic OH excluding ortho intramolecular Hbond substituents is 1. The first kappa shape index (κ1) is 20.5. The number of rotatable bonds is 9. The van der Waals surface area contributed by atoms with Crippen molar-refractivity contribution < 1.29 is 14.6 Å². The number of tetrazole rings is 1. The van der Waals surface area contributed by atoms with Crippen molar-refractivity contribution in [2.45, 2.75) is 53.1 Å². The Morgan fingerprint density at radius 3 is 2.55 bits per heavy atom. The van der Waals surface area contributed by atoms with Crippen LogP contribution in [0.3, 0.4) is 0 Å². The van der Waals surface area contributed by atoms with Crippen LogP contribution >= 0.6 is 0 Å². The highest BCUT2D eigenvalue weighted by Crippen LogP contribution is 2.30. The minimum absolute atomic E-state index is 0.0691. The Hall–Kier alpha value is -3.22. The molecule has 3 aromatic rings. The molecule has 0 amide bonds. The highest BCUT2D eigenvalue weighted by molar-refractivity contribution is 5.97. The van der Waals surface area contributed by atoms with Gasteiger partial charge in [0, 0.05) is 11.1 Å². The Kier molecular flexibility index (Phi) is 6.59. The molecule has 152 valence electrons. The van der Waals surface area contributed by atoms with E-state index in [-0.39, 0.29) is 11.5 Å². The molecule has 0 saturated heterocycles. The van der Waals surface area contributed by atoms with Crippen LogP contribution in [-0.2, 0) is 19.4 Å². The molecule has 0 atom stereocenters. The van der Waals surface area contributed by atoms with Crippen molar-refractivity contribution in [3.05, 3.63) is 52.6 Å². The molecule has 0 spiro atoms. The second kappa shape index (κ2) is 9.32. The number of nitrogens with one attached hydrogen (secondary N) is 1. The second-order valence-corrected chi connectivity index (χ2v) is 7.00. The minimum Gasteiger partial charge on any atom is -0.507 e. The number of benzene rings is 2. The monoisotopic (exact) mass is 394 g/mol. The average molecular weight is 394 g/mol. The summed E-state index contributed by atoms with van der Waals surface area (Å²) in [4.78, 5) is 11.7. The molecule has 7 nitrogen and oxygen atoms in total. The van der Waals surface area contributed by atoms with Crippen LogP contribution in [0.2, 0.25) is 0 Å². The van der Waals surface area contributed by atoms with E-state index >= 15 is 0 Å². The van der Waals surface area contributed by atoms with Crippen LogP contribution in [0.1, 0.15) is 60.7 Å². The summed E-state index contributed by atoms with van der Waals surface area (Å²) in [6.07, 6.45) is 3.40. The van der Waals surface area contributed by atoms with Gasteiger partial charge in [-0.15, -0.1) is 10.2 Å². The maximum absolute atomic E-state index is 11.7. The van der Waals surface area contributed by atoms with E-state index in [1.165, 1.54) is 6.92 Å². The fraction of sp³-hybridized carbons (Fsp3) is 0.364. The lowest BCUT2D eigenvalue weighted by atomic mass is 9.97. The molecule has 1 aromatic heterocycles. The van der Waals surface area contributed by atoms with Crippen molar-refractivity contribution in [1.29, 1.82) is 0 Å². The van der Waals surface area contributed by atoms with Gasteiger partial charge in [-0.3, -0.25) is 4.79 Å². The minimum atomic E-state index is -0.145. The number of aromatic nitrogens is 4. The zero-order chi connectivity index (χ0) is 20.8. The van der Waals surface area contributed by atoms with E-state index in [0.29, 0.717) is 24.4 Å². The van der Waals surface area contributed by atoms with E-state index in [2.05, 4.69) is 27.5 Å². The van der Waals surface area contributed by atoms with Crippen molar-refractivity contribution in [3.8, 4) is 22.9 Å². The summed E-state index contributed by atoms with van der Waals surface area (Å²) in [5.74, 6) is 1.22. The van der Waals surface area contributed by atoms with Gasteiger partial charge in [-0.2, -0.15) is 5.21 Å². The molecule has 2 aromatic carbocycles. The normalized spacial score (nSPS) is 10.9. The molecule has 0 radical (unpaired) electrons. The maximum atomic E-state index is 11.7. The Bertz CT molecular complexity index is 984. The fourth-order valence-corrected chi connectivity index (χ4v) is 3.42. The zero-order valence-electron chi connectivity index (χ0n) is 17.0. The molecule has 1 heterocycles. The van der Waals surface area contributed by atoms with Gasteiger partial charge in [0.15, 0.2) is 5.78 Å². The Labute approximate surface area is 170 Å². The third-order valence-corrected chi connectivity index (χ3v) is 4.84. The lowest BCUT2D eigenvalue weighted by molar-refractivity contribution is 0.101. The van der Waals surface area contributed by atoms with Crippen LogP contribution in [0.25, 0.3) is 11.4 Å². The molecule has 0 unspecified atom stereocenters. The van der Waals surface area contributed by atoms with Crippen molar-refractivity contribution >= 4 is 5.78 Å². The molecule has 0 fully saturated rings. The molecule has 0 aliphatic carbocycles. The lowest BCUT2D eigenvalue weighted by Crippen LogP contribution is -2.04. The highest BCUT2D eigenvalue weighted by Gasteiger charge is 2.16. The van der Waals surface area contributed by atoms with Crippen molar-refractivity contribution in [1.82, 2.24) is 20.6 Å². The summed E-state index contributed by atoms with van der Waals surface area (Å²) in [6.45, 7) is 5.93. The molecule has 7 heteroatoms. The molecular formula is C22H26N4O3. The van der Waals surface area contributed by atoms with Crippen molar-refractivity contribution in [2.75, 3.05) is 0 Å². The predicted molar refractivity (Wildman–Crippen MR) is 110 cm³/mol. The molecule has 2 N–H and O–H groups in total. The number of hydrogen-bond donors (Lipinski definition) is 2. The number of aromatic hydroxyl groups is 1. The summed E-state index contributed by atoms with van der Waals surface area (Å²) in [6, 6.07) is 9.35. The standard InChI is InChI=1S/C22H26N4O3/c1-4-6-15-12-17(9-11-20(15)22-23-25-26-24-22)29-13-16-8-10-18(14(3)27)21(28)19(16)7-5-2/h8-12,28H,4-7,13H2,1-3H3,(H,23,24,25,26). The summed E-state index contributed by atoms with van der Waals surface area (Å²) in [5.41, 5.74) is 4.04. The number of hydrogen-bond acceptors (Lipinski definition) is 6. The number of aryl methyl sites for hydroxylation is 1. The SMILES string of the molecule is CCCc1cc(OCc2ccc(C(C)=O)c(O)c2CCC)ccc1-c1nn[nH]n1. The summed E-state index contributed by atoms with van der Waals surface area (Å²) >= 11 is 0. The third-order valence-electron chi connectivity index (χ3n) is 4.84. The first-order chi connectivity index (χ1) is 14.0. The Morgan fingerprint density at radius 1 is 1.10 bits per heavy atom. The quantitative estimate of drug-likeness (QED) is 0.526. The van der Waals surface area contributed by atoms with Crippen LogP contribution < -0.4 is 4.74 Å². The van der Waals surface area contributed by atoms with E-state index in [1.54, 1.807) is 6.07 Å². The number of H-pyrrole nitrogens is 1. The first-order valence-corrected chi connectivity index (χ1v) is 9.89. The number of carbonyl (C=O) groups excluding carboxylic acids is 1. The first-order valence-electron chi connectivity index (χ1n) is 9.89. The number of ether oxygens (including phenoxy) is 1. The van der Waals surface area contributed by atoms with E-state index < -0.39 is 0 Å². The Morgan fingerprint density at radius 2 is 1.90 bits per heavy atom. The van der Waals surface area contributed by atoms with Crippen LogP contribution in [0.5, 0.6) is 11.5 Å². The summed E-state index contributed by atoms with van der Waals surface area (Å²) < 4.78 is 6.03. The van der Waals surface area contributed by atoms with Gasteiger partial charge in [0.2, 0.25) is 5.82 Å². The number of nitrogens with zero attached hydrogens (tertiary/aromatic N) is 3. The molecule has 29 heavy (non-hydrogen) atoms. The van der Waals surface area contributed by atoms with E-state index in [1.807, 2.05) is 31.2 Å². The molecule has 0 aliphatic rings. The molecule has 0 bridgehead atoms. The number of phenols is 1. The van der Waals surface area contributed by atoms with Gasteiger partial charge >= 0.3 is 0 Å². The second-order valence-electron chi connectivity index (χ2n) is 7.00. The fourth-order valence-electron chi connectivity index (χ4n) is 3.42. The predicted octanol–water partition coefficient (Wildman–Crippen LogP) is 4.26. The van der Waals surface area contributed by atoms with E-state index in [4.69, 9.17) is 4.74 Å². The van der Waals surface area contributed by atoms with Crippen LogP contribution in [0.15, 0.2) is 30.3 Å². The van der Waals surface area contributed by atoms with Gasteiger partial charge in [0.25, 0.3) is 0 Å². The average Bonchev–Trinajstić information content (AvgIpc) is 3.23. The lowest BCUT2D eigenvalue weighted by Gasteiger charge is -2.15. The third kappa shape index (κ3) is 4.62. The van der Waals surface area contributed by atoms with Gasteiger partial charge in [-0.1, -0.05) is 32.8 Å². The topological polar surface area (TPSA) is 101 Å². The molecule has 3 rings (SSSR count). The van der Waals surface area contributed by atoms with Gasteiger partial charge in [0.05, 0.1) is 5.56 Å². The maximum Gasteiger partial charge on any atom is 0.204 e. The van der Waals surface area contributed by atoms with Crippen LogP contribution in [0, 0.1) is 0 Å². The van der Waals surface area contributed by atoms with Crippen LogP contribution in [-0.4, -0.2) is 31.5 Å². The van der Waals surface area contributed by atoms with Crippen molar-refractivity contribution in [2.24, 2.45) is 0 Å². The molecule has 0 aliphatic heterocycles. The van der Waals surface area contributed by atoms with Gasteiger partial charge in [-0.25, -0.2) is 0 Å². The van der Waals surface area contributed by atoms with E-state index in [9.17, 15) is 9.90 Å². The molecular weight excluding hydrogens is 368 g/mol. The molecule has 0 saturated carbocycles. The number of ketones is 1. The summed E-state index contributed by atoms with van der Waals surface area (Å²) in [5, 5.41) is 24.8. The van der Waals surface area contributed by atoms with Gasteiger partial charge in [-0.05, 0) is 60.4 Å². The van der Waals surface area contributed by atoms with Gasteiger partial charge < -0.3 is 9.84 Å².